The van der Waals surface area contributed by atoms with Gasteiger partial charge in [-0.3, -0.25) is 4.90 Å². The molecule has 3 heterocycles. The molecule has 1 aromatic rings. The average molecular weight is 234 g/mol. The van der Waals surface area contributed by atoms with Gasteiger partial charge in [-0.25, -0.2) is 15.0 Å². The summed E-state index contributed by atoms with van der Waals surface area (Å²) < 4.78 is 0. The van der Waals surface area contributed by atoms with Crippen LogP contribution in [-0.4, -0.2) is 58.7 Å². The Hall–Kier alpha value is -1.27. The Morgan fingerprint density at radius 2 is 1.88 bits per heavy atom. The monoisotopic (exact) mass is 234 g/mol. The molecule has 1 unspecified atom stereocenters. The zero-order valence-corrected chi connectivity index (χ0v) is 9.92. The number of nitrogens with one attached hydrogen (secondary N) is 1. The van der Waals surface area contributed by atoms with Crippen molar-refractivity contribution in [3.63, 3.8) is 0 Å². The molecule has 3 rings (SSSR count). The first-order valence-electron chi connectivity index (χ1n) is 6.28. The van der Waals surface area contributed by atoms with Crippen LogP contribution in [-0.2, 0) is 0 Å². The molecule has 0 spiro atoms. The quantitative estimate of drug-likeness (QED) is 0.758. The molecule has 1 aromatic heterocycles. The molecule has 0 amide bonds. The summed E-state index contributed by atoms with van der Waals surface area (Å²) in [6.07, 6.45) is 6.16. The average Bonchev–Trinajstić information content (AvgIpc) is 2.94. The molecule has 6 nitrogen and oxygen atoms in total. The van der Waals surface area contributed by atoms with Crippen LogP contribution in [0.5, 0.6) is 0 Å². The zero-order valence-electron chi connectivity index (χ0n) is 9.92. The third-order valence-corrected chi connectivity index (χ3v) is 3.51. The lowest BCUT2D eigenvalue weighted by atomic mass is 10.3. The van der Waals surface area contributed by atoms with Crippen LogP contribution in [0.1, 0.15) is 12.8 Å². The summed E-state index contributed by atoms with van der Waals surface area (Å²) in [5.41, 5.74) is 0. The lowest BCUT2D eigenvalue weighted by Crippen LogP contribution is -2.59. The normalized spacial score (nSPS) is 26.4. The largest absolute Gasteiger partial charge is 0.322 e. The number of hydrogen-bond donors (Lipinski definition) is 1. The molecule has 0 saturated carbocycles. The summed E-state index contributed by atoms with van der Waals surface area (Å²) in [5, 5.41) is 3.46. The van der Waals surface area contributed by atoms with Crippen LogP contribution in [0, 0.1) is 0 Å². The van der Waals surface area contributed by atoms with Crippen molar-refractivity contribution in [1.29, 1.82) is 0 Å². The van der Waals surface area contributed by atoms with Gasteiger partial charge >= 0.3 is 0 Å². The van der Waals surface area contributed by atoms with E-state index in [0.29, 0.717) is 6.17 Å². The summed E-state index contributed by atoms with van der Waals surface area (Å²) in [6, 6.07) is 0. The van der Waals surface area contributed by atoms with Crippen molar-refractivity contribution in [2.24, 2.45) is 0 Å². The number of likely N-dealkylation sites (tertiary alicyclic amines) is 1. The summed E-state index contributed by atoms with van der Waals surface area (Å²) in [6.45, 7) is 5.33. The lowest BCUT2D eigenvalue weighted by Gasteiger charge is -2.41. The Morgan fingerprint density at radius 3 is 2.65 bits per heavy atom. The zero-order chi connectivity index (χ0) is 11.5. The fraction of sp³-hybridized carbons (Fsp3) is 0.727. The Morgan fingerprint density at radius 1 is 1.12 bits per heavy atom. The lowest BCUT2D eigenvalue weighted by molar-refractivity contribution is 0.210. The number of aromatic nitrogens is 3. The van der Waals surface area contributed by atoms with Gasteiger partial charge in [-0.15, -0.1) is 0 Å². The van der Waals surface area contributed by atoms with E-state index >= 15 is 0 Å². The van der Waals surface area contributed by atoms with E-state index in [0.717, 1.165) is 25.6 Å². The minimum Gasteiger partial charge on any atom is -0.322 e. The van der Waals surface area contributed by atoms with Gasteiger partial charge in [0.05, 0.1) is 6.17 Å². The van der Waals surface area contributed by atoms with E-state index in [4.69, 9.17) is 0 Å². The molecule has 0 bridgehead atoms. The molecule has 6 heteroatoms. The first-order valence-corrected chi connectivity index (χ1v) is 6.28. The molecule has 2 saturated heterocycles. The molecule has 0 aromatic carbocycles. The van der Waals surface area contributed by atoms with Crippen molar-refractivity contribution in [2.45, 2.75) is 19.0 Å². The van der Waals surface area contributed by atoms with Crippen molar-refractivity contribution >= 4 is 5.95 Å². The molecule has 1 atom stereocenters. The van der Waals surface area contributed by atoms with Crippen LogP contribution < -0.4 is 10.2 Å². The third kappa shape index (κ3) is 2.23. The van der Waals surface area contributed by atoms with Gasteiger partial charge in [0.15, 0.2) is 0 Å². The fourth-order valence-corrected chi connectivity index (χ4v) is 2.67. The SMILES string of the molecule is c1ncnc(N2CCNCC2N2CCCC2)n1. The van der Waals surface area contributed by atoms with Crippen molar-refractivity contribution in [1.82, 2.24) is 25.2 Å². The van der Waals surface area contributed by atoms with Crippen LogP contribution in [0.3, 0.4) is 0 Å². The molecular weight excluding hydrogens is 216 g/mol. The molecule has 2 aliphatic rings. The first-order chi connectivity index (χ1) is 8.45. The smallest absolute Gasteiger partial charge is 0.229 e. The standard InChI is InChI=1S/C11H18N6/c1-2-5-16(4-1)10-7-12-3-6-17(10)11-14-8-13-9-15-11/h8-10,12H,1-7H2. The highest BCUT2D eigenvalue weighted by Gasteiger charge is 2.30. The number of piperazine rings is 1. The molecule has 2 fully saturated rings. The molecule has 1 N–H and O–H groups in total. The van der Waals surface area contributed by atoms with Crippen LogP contribution in [0.4, 0.5) is 5.95 Å². The predicted molar refractivity (Wildman–Crippen MR) is 64.6 cm³/mol. The highest BCUT2D eigenvalue weighted by molar-refractivity contribution is 5.30. The van der Waals surface area contributed by atoms with Crippen molar-refractivity contribution in [2.75, 3.05) is 37.6 Å². The topological polar surface area (TPSA) is 57.2 Å². The Labute approximate surface area is 101 Å². The molecule has 0 radical (unpaired) electrons. The number of hydrogen-bond acceptors (Lipinski definition) is 6. The van der Waals surface area contributed by atoms with Gasteiger partial charge in [-0.05, 0) is 12.8 Å². The van der Waals surface area contributed by atoms with E-state index in [1.807, 2.05) is 0 Å². The van der Waals surface area contributed by atoms with Gasteiger partial charge in [0.2, 0.25) is 5.95 Å². The second-order valence-corrected chi connectivity index (χ2v) is 4.56. The van der Waals surface area contributed by atoms with E-state index in [-0.39, 0.29) is 0 Å². The van der Waals surface area contributed by atoms with Gasteiger partial charge in [0, 0.05) is 32.7 Å². The summed E-state index contributed by atoms with van der Waals surface area (Å²) in [4.78, 5) is 17.3. The Kier molecular flexibility index (Phi) is 3.15. The molecular formula is C11H18N6. The van der Waals surface area contributed by atoms with Gasteiger partial charge < -0.3 is 10.2 Å². The van der Waals surface area contributed by atoms with Crippen molar-refractivity contribution in [3.05, 3.63) is 12.7 Å². The van der Waals surface area contributed by atoms with Gasteiger partial charge in [-0.2, -0.15) is 0 Å². The van der Waals surface area contributed by atoms with E-state index < -0.39 is 0 Å². The van der Waals surface area contributed by atoms with Crippen molar-refractivity contribution in [3.8, 4) is 0 Å². The van der Waals surface area contributed by atoms with Crippen LogP contribution in [0.25, 0.3) is 0 Å². The van der Waals surface area contributed by atoms with Gasteiger partial charge in [0.1, 0.15) is 12.7 Å². The maximum Gasteiger partial charge on any atom is 0.229 e. The van der Waals surface area contributed by atoms with Crippen LogP contribution >= 0.6 is 0 Å². The number of rotatable bonds is 2. The highest BCUT2D eigenvalue weighted by Crippen LogP contribution is 2.19. The second-order valence-electron chi connectivity index (χ2n) is 4.56. The molecule has 0 aliphatic carbocycles. The molecule has 2 aliphatic heterocycles. The van der Waals surface area contributed by atoms with Crippen LogP contribution in [0.15, 0.2) is 12.7 Å². The summed E-state index contributed by atoms with van der Waals surface area (Å²) in [7, 11) is 0. The van der Waals surface area contributed by atoms with Gasteiger partial charge in [0.25, 0.3) is 0 Å². The fourth-order valence-electron chi connectivity index (χ4n) is 2.67. The molecule has 92 valence electrons. The van der Waals surface area contributed by atoms with Gasteiger partial charge in [-0.1, -0.05) is 0 Å². The third-order valence-electron chi connectivity index (χ3n) is 3.51. The highest BCUT2D eigenvalue weighted by atomic mass is 15.4. The van der Waals surface area contributed by atoms with Crippen LogP contribution in [0.2, 0.25) is 0 Å². The van der Waals surface area contributed by atoms with E-state index in [2.05, 4.69) is 30.1 Å². The predicted octanol–water partition coefficient (Wildman–Crippen LogP) is -0.297. The van der Waals surface area contributed by atoms with E-state index in [1.165, 1.54) is 25.9 Å². The second kappa shape index (κ2) is 4.93. The summed E-state index contributed by atoms with van der Waals surface area (Å²) >= 11 is 0. The first kappa shape index (κ1) is 10.9. The minimum absolute atomic E-state index is 0.397. The van der Waals surface area contributed by atoms with E-state index in [9.17, 15) is 0 Å². The Bertz CT molecular complexity index is 350. The molecule has 17 heavy (non-hydrogen) atoms. The summed E-state index contributed by atoms with van der Waals surface area (Å²) in [5.74, 6) is 0.804. The van der Waals surface area contributed by atoms with Crippen molar-refractivity contribution < 1.29 is 0 Å². The Balaban J connectivity index is 1.80. The number of nitrogens with zero attached hydrogens (tertiary/aromatic N) is 5. The maximum absolute atomic E-state index is 4.27. The maximum atomic E-state index is 4.27. The minimum atomic E-state index is 0.397. The number of anilines is 1. The van der Waals surface area contributed by atoms with E-state index in [1.54, 1.807) is 12.7 Å².